The Balaban J connectivity index is 2.11. The Labute approximate surface area is 122 Å². The molecule has 0 bridgehead atoms. The molecule has 9 nitrogen and oxygen atoms in total. The molecule has 2 aromatic rings. The number of ether oxygens (including phenoxy) is 1. The van der Waals surface area contributed by atoms with E-state index in [-0.39, 0.29) is 18.1 Å². The van der Waals surface area contributed by atoms with Crippen LogP contribution in [0.1, 0.15) is 25.4 Å². The van der Waals surface area contributed by atoms with E-state index >= 15 is 0 Å². The second-order valence-corrected chi connectivity index (χ2v) is 4.52. The molecule has 0 aromatic carbocycles. The van der Waals surface area contributed by atoms with Gasteiger partial charge in [-0.1, -0.05) is 0 Å². The largest absolute Gasteiger partial charge is 0.461 e. The smallest absolute Gasteiger partial charge is 0.323 e. The number of aryl methyl sites for hydroxylation is 1. The normalized spacial score (nSPS) is 10.5. The zero-order valence-electron chi connectivity index (χ0n) is 12.2. The van der Waals surface area contributed by atoms with Crippen LogP contribution in [0, 0.1) is 6.92 Å². The van der Waals surface area contributed by atoms with Crippen LogP contribution in [0.25, 0.3) is 0 Å². The van der Waals surface area contributed by atoms with Gasteiger partial charge in [0.05, 0.1) is 18.3 Å². The van der Waals surface area contributed by atoms with Crippen molar-refractivity contribution >= 4 is 11.9 Å². The van der Waals surface area contributed by atoms with E-state index in [9.17, 15) is 0 Å². The molecule has 0 aliphatic carbocycles. The SMILES string of the molecule is Cc1nccc(CNc2nc(NN)nc(OC(C)C)n2)n1. The average Bonchev–Trinajstić information content (AvgIpc) is 2.44. The van der Waals surface area contributed by atoms with Crippen LogP contribution < -0.4 is 21.3 Å². The number of rotatable bonds is 6. The zero-order valence-corrected chi connectivity index (χ0v) is 12.2. The number of nitrogens with two attached hydrogens (primary N) is 1. The van der Waals surface area contributed by atoms with Crippen molar-refractivity contribution in [2.75, 3.05) is 10.7 Å². The van der Waals surface area contributed by atoms with Crippen LogP contribution in [0.3, 0.4) is 0 Å². The molecule has 0 aliphatic rings. The molecule has 2 heterocycles. The van der Waals surface area contributed by atoms with Crippen molar-refractivity contribution in [2.45, 2.75) is 33.4 Å². The van der Waals surface area contributed by atoms with Gasteiger partial charge >= 0.3 is 6.01 Å². The summed E-state index contributed by atoms with van der Waals surface area (Å²) in [7, 11) is 0. The summed E-state index contributed by atoms with van der Waals surface area (Å²) in [6.45, 7) is 6.06. The van der Waals surface area contributed by atoms with Crippen molar-refractivity contribution < 1.29 is 4.74 Å². The van der Waals surface area contributed by atoms with Gasteiger partial charge in [0.25, 0.3) is 0 Å². The molecule has 0 radical (unpaired) electrons. The van der Waals surface area contributed by atoms with Crippen LogP contribution in [0.4, 0.5) is 11.9 Å². The number of hydrogen-bond acceptors (Lipinski definition) is 9. The number of anilines is 2. The first kappa shape index (κ1) is 14.9. The highest BCUT2D eigenvalue weighted by atomic mass is 16.5. The Morgan fingerprint density at radius 2 is 1.95 bits per heavy atom. The lowest BCUT2D eigenvalue weighted by molar-refractivity contribution is 0.222. The summed E-state index contributed by atoms with van der Waals surface area (Å²) in [5.74, 6) is 6.62. The Bertz CT molecular complexity index is 604. The van der Waals surface area contributed by atoms with E-state index in [0.717, 1.165) is 5.69 Å². The maximum absolute atomic E-state index is 5.45. The second kappa shape index (κ2) is 6.75. The van der Waals surface area contributed by atoms with Crippen molar-refractivity contribution in [1.29, 1.82) is 0 Å². The lowest BCUT2D eigenvalue weighted by atomic mass is 10.4. The molecule has 0 saturated heterocycles. The number of nitrogens with zero attached hydrogens (tertiary/aromatic N) is 5. The summed E-state index contributed by atoms with van der Waals surface area (Å²) in [4.78, 5) is 20.6. The quantitative estimate of drug-likeness (QED) is 0.519. The standard InChI is InChI=1S/C12H18N8O/c1-7(2)21-12-18-10(17-11(19-12)20-13)15-6-9-4-5-14-8(3)16-9/h4-5,7H,6,13H2,1-3H3,(H2,15,17,18,19,20). The van der Waals surface area contributed by atoms with Crippen LogP contribution in [0.2, 0.25) is 0 Å². The Kier molecular flexibility index (Phi) is 4.77. The van der Waals surface area contributed by atoms with Crippen LogP contribution >= 0.6 is 0 Å². The van der Waals surface area contributed by atoms with Crippen LogP contribution in [0.5, 0.6) is 6.01 Å². The fraction of sp³-hybridized carbons (Fsp3) is 0.417. The summed E-state index contributed by atoms with van der Waals surface area (Å²) in [5.41, 5.74) is 3.21. The van der Waals surface area contributed by atoms with Crippen molar-refractivity contribution in [3.05, 3.63) is 23.8 Å². The molecule has 0 amide bonds. The van der Waals surface area contributed by atoms with Gasteiger partial charge in [-0.2, -0.15) is 15.0 Å². The average molecular weight is 290 g/mol. The van der Waals surface area contributed by atoms with E-state index in [2.05, 4.69) is 35.7 Å². The molecule has 0 aliphatic heterocycles. The molecule has 112 valence electrons. The predicted octanol–water partition coefficient (Wildman–Crippen LogP) is 0.655. The highest BCUT2D eigenvalue weighted by Gasteiger charge is 2.08. The Morgan fingerprint density at radius 1 is 1.19 bits per heavy atom. The Hall–Kier alpha value is -2.55. The number of nitrogen functional groups attached to an aromatic ring is 1. The number of hydrogen-bond donors (Lipinski definition) is 3. The molecular weight excluding hydrogens is 272 g/mol. The van der Waals surface area contributed by atoms with Crippen LogP contribution in [0.15, 0.2) is 12.3 Å². The van der Waals surface area contributed by atoms with Gasteiger partial charge in [0.2, 0.25) is 11.9 Å². The van der Waals surface area contributed by atoms with Gasteiger partial charge in [-0.25, -0.2) is 15.8 Å². The summed E-state index contributed by atoms with van der Waals surface area (Å²) in [6.07, 6.45) is 1.66. The first-order valence-corrected chi connectivity index (χ1v) is 6.48. The van der Waals surface area contributed by atoms with Gasteiger partial charge in [0.1, 0.15) is 5.82 Å². The van der Waals surface area contributed by atoms with Crippen LogP contribution in [-0.2, 0) is 6.54 Å². The minimum absolute atomic E-state index is 0.0459. The fourth-order valence-corrected chi connectivity index (χ4v) is 1.54. The van der Waals surface area contributed by atoms with E-state index in [1.807, 2.05) is 26.8 Å². The molecule has 0 fully saturated rings. The van der Waals surface area contributed by atoms with Crippen molar-refractivity contribution in [1.82, 2.24) is 24.9 Å². The summed E-state index contributed by atoms with van der Waals surface area (Å²) < 4.78 is 5.45. The third-order valence-corrected chi connectivity index (χ3v) is 2.35. The molecule has 4 N–H and O–H groups in total. The lowest BCUT2D eigenvalue weighted by Crippen LogP contribution is -2.16. The van der Waals surface area contributed by atoms with E-state index in [1.165, 1.54) is 0 Å². The first-order valence-electron chi connectivity index (χ1n) is 6.48. The van der Waals surface area contributed by atoms with Crippen LogP contribution in [-0.4, -0.2) is 31.0 Å². The highest BCUT2D eigenvalue weighted by molar-refractivity contribution is 5.35. The van der Waals surface area contributed by atoms with Gasteiger partial charge in [0, 0.05) is 6.20 Å². The van der Waals surface area contributed by atoms with Crippen molar-refractivity contribution in [3.63, 3.8) is 0 Å². The van der Waals surface area contributed by atoms with E-state index in [0.29, 0.717) is 18.3 Å². The van der Waals surface area contributed by atoms with Gasteiger partial charge in [-0.15, -0.1) is 0 Å². The van der Waals surface area contributed by atoms with E-state index in [1.54, 1.807) is 6.20 Å². The summed E-state index contributed by atoms with van der Waals surface area (Å²) in [6, 6.07) is 2.02. The molecule has 0 saturated carbocycles. The van der Waals surface area contributed by atoms with Gasteiger partial charge in [-0.3, -0.25) is 5.43 Å². The van der Waals surface area contributed by atoms with Gasteiger partial charge in [0.15, 0.2) is 0 Å². The topological polar surface area (TPSA) is 124 Å². The van der Waals surface area contributed by atoms with Gasteiger partial charge in [-0.05, 0) is 26.8 Å². The number of hydrazine groups is 1. The molecule has 0 spiro atoms. The molecule has 2 rings (SSSR count). The highest BCUT2D eigenvalue weighted by Crippen LogP contribution is 2.12. The van der Waals surface area contributed by atoms with Crippen molar-refractivity contribution in [2.24, 2.45) is 5.84 Å². The maximum Gasteiger partial charge on any atom is 0.323 e. The lowest BCUT2D eigenvalue weighted by Gasteiger charge is -2.11. The minimum atomic E-state index is -0.0459. The Morgan fingerprint density at radius 3 is 2.62 bits per heavy atom. The van der Waals surface area contributed by atoms with Crippen molar-refractivity contribution in [3.8, 4) is 6.01 Å². The molecule has 9 heteroatoms. The molecule has 0 atom stereocenters. The predicted molar refractivity (Wildman–Crippen MR) is 77.5 cm³/mol. The first-order chi connectivity index (χ1) is 10.1. The van der Waals surface area contributed by atoms with Gasteiger partial charge < -0.3 is 10.1 Å². The molecule has 2 aromatic heterocycles. The third-order valence-electron chi connectivity index (χ3n) is 2.35. The molecular formula is C12H18N8O. The molecule has 21 heavy (non-hydrogen) atoms. The summed E-state index contributed by atoms with van der Waals surface area (Å²) >= 11 is 0. The number of nitrogens with one attached hydrogen (secondary N) is 2. The van der Waals surface area contributed by atoms with E-state index < -0.39 is 0 Å². The monoisotopic (exact) mass is 290 g/mol. The maximum atomic E-state index is 5.45. The molecule has 0 unspecified atom stereocenters. The van der Waals surface area contributed by atoms with E-state index in [4.69, 9.17) is 10.6 Å². The summed E-state index contributed by atoms with van der Waals surface area (Å²) in [5, 5.41) is 3.05. The second-order valence-electron chi connectivity index (χ2n) is 4.52. The zero-order chi connectivity index (χ0) is 15.2. The minimum Gasteiger partial charge on any atom is -0.461 e. The third kappa shape index (κ3) is 4.49. The fourth-order valence-electron chi connectivity index (χ4n) is 1.54. The number of aromatic nitrogens is 5.